The van der Waals surface area contributed by atoms with Crippen molar-refractivity contribution in [3.05, 3.63) is 47.5 Å². The maximum absolute atomic E-state index is 13.2. The van der Waals surface area contributed by atoms with Crippen molar-refractivity contribution in [2.24, 2.45) is 0 Å². The fourth-order valence-corrected chi connectivity index (χ4v) is 1.60. The van der Waals surface area contributed by atoms with E-state index in [2.05, 4.69) is 20.6 Å². The lowest BCUT2D eigenvalue weighted by Gasteiger charge is -2.09. The quantitative estimate of drug-likeness (QED) is 0.888. The van der Waals surface area contributed by atoms with Crippen LogP contribution in [0.25, 0.3) is 0 Å². The van der Waals surface area contributed by atoms with E-state index < -0.39 is 11.7 Å². The summed E-state index contributed by atoms with van der Waals surface area (Å²) in [6.07, 6.45) is 2.63. The first-order valence-electron chi connectivity index (χ1n) is 5.68. The molecule has 0 aliphatic carbocycles. The summed E-state index contributed by atoms with van der Waals surface area (Å²) in [5, 5.41) is 5.38. The van der Waals surface area contributed by atoms with Crippen molar-refractivity contribution >= 4 is 17.5 Å². The van der Waals surface area contributed by atoms with Gasteiger partial charge in [0.05, 0.1) is 11.8 Å². The molecule has 2 heterocycles. The fraction of sp³-hybridized carbons (Fsp3) is 0.154. The number of amides is 1. The van der Waals surface area contributed by atoms with Crippen LogP contribution in [-0.2, 0) is 0 Å². The molecule has 2 aromatic rings. The van der Waals surface area contributed by atoms with Gasteiger partial charge in [-0.1, -0.05) is 6.07 Å². The van der Waals surface area contributed by atoms with E-state index in [1.54, 1.807) is 19.3 Å². The zero-order valence-electron chi connectivity index (χ0n) is 10.6. The fourth-order valence-electron chi connectivity index (χ4n) is 1.60. The van der Waals surface area contributed by atoms with Crippen LogP contribution >= 0.6 is 0 Å². The summed E-state index contributed by atoms with van der Waals surface area (Å²) in [7, 11) is 1.61. The number of hydrogen-bond donors (Lipinski definition) is 2. The third-order valence-corrected chi connectivity index (χ3v) is 2.58. The number of carbonyl (C=O) groups is 1. The minimum Gasteiger partial charge on any atom is -0.372 e. The molecule has 1 amide bonds. The van der Waals surface area contributed by atoms with Gasteiger partial charge in [0.25, 0.3) is 5.91 Å². The molecule has 2 rings (SSSR count). The molecule has 0 radical (unpaired) electrons. The predicted octanol–water partition coefficient (Wildman–Crippen LogP) is 2.22. The van der Waals surface area contributed by atoms with Gasteiger partial charge in [0.1, 0.15) is 17.5 Å². The SMILES string of the molecule is CNc1ncc(F)cc1C(=O)Nc1ncccc1C. The molecular weight excluding hydrogens is 247 g/mol. The van der Waals surface area contributed by atoms with Crippen molar-refractivity contribution in [3.63, 3.8) is 0 Å². The van der Waals surface area contributed by atoms with Crippen LogP contribution in [0.1, 0.15) is 15.9 Å². The minimum absolute atomic E-state index is 0.132. The van der Waals surface area contributed by atoms with Crippen LogP contribution in [0.2, 0.25) is 0 Å². The highest BCUT2D eigenvalue weighted by molar-refractivity contribution is 6.07. The van der Waals surface area contributed by atoms with Gasteiger partial charge in [-0.2, -0.15) is 0 Å². The second kappa shape index (κ2) is 5.43. The first-order valence-corrected chi connectivity index (χ1v) is 5.68. The number of aromatic nitrogens is 2. The highest BCUT2D eigenvalue weighted by atomic mass is 19.1. The highest BCUT2D eigenvalue weighted by Crippen LogP contribution is 2.16. The average molecular weight is 260 g/mol. The van der Waals surface area contributed by atoms with Crippen molar-refractivity contribution in [2.45, 2.75) is 6.92 Å². The van der Waals surface area contributed by atoms with Crippen LogP contribution in [-0.4, -0.2) is 22.9 Å². The predicted molar refractivity (Wildman–Crippen MR) is 70.7 cm³/mol. The Bertz CT molecular complexity index is 615. The molecule has 0 aliphatic heterocycles. The molecule has 0 saturated carbocycles. The molecule has 98 valence electrons. The van der Waals surface area contributed by atoms with E-state index in [4.69, 9.17) is 0 Å². The monoisotopic (exact) mass is 260 g/mol. The number of hydrogen-bond acceptors (Lipinski definition) is 4. The summed E-state index contributed by atoms with van der Waals surface area (Å²) in [6, 6.07) is 4.73. The Balaban J connectivity index is 2.30. The largest absolute Gasteiger partial charge is 0.372 e. The lowest BCUT2D eigenvalue weighted by molar-refractivity contribution is 0.102. The summed E-state index contributed by atoms with van der Waals surface area (Å²) < 4.78 is 13.2. The molecule has 0 aliphatic rings. The number of anilines is 2. The van der Waals surface area contributed by atoms with Gasteiger partial charge in [-0.3, -0.25) is 4.79 Å². The van der Waals surface area contributed by atoms with Gasteiger partial charge < -0.3 is 10.6 Å². The van der Waals surface area contributed by atoms with Crippen molar-refractivity contribution in [1.82, 2.24) is 9.97 Å². The first kappa shape index (κ1) is 12.9. The second-order valence-corrected chi connectivity index (χ2v) is 3.92. The topological polar surface area (TPSA) is 66.9 Å². The Labute approximate surface area is 109 Å². The molecule has 0 fully saturated rings. The lowest BCUT2D eigenvalue weighted by atomic mass is 10.2. The molecule has 2 N–H and O–H groups in total. The summed E-state index contributed by atoms with van der Waals surface area (Å²) in [5.74, 6) is -0.272. The molecule has 0 atom stereocenters. The van der Waals surface area contributed by atoms with Crippen molar-refractivity contribution in [1.29, 1.82) is 0 Å². The van der Waals surface area contributed by atoms with E-state index in [0.717, 1.165) is 17.8 Å². The van der Waals surface area contributed by atoms with Crippen LogP contribution in [0.3, 0.4) is 0 Å². The Hall–Kier alpha value is -2.50. The van der Waals surface area contributed by atoms with Crippen molar-refractivity contribution in [2.75, 3.05) is 17.7 Å². The summed E-state index contributed by atoms with van der Waals surface area (Å²) in [4.78, 5) is 20.0. The number of rotatable bonds is 3. The van der Waals surface area contributed by atoms with Gasteiger partial charge in [-0.25, -0.2) is 14.4 Å². The normalized spacial score (nSPS) is 10.1. The smallest absolute Gasteiger partial charge is 0.260 e. The molecule has 0 spiro atoms. The summed E-state index contributed by atoms with van der Waals surface area (Å²) >= 11 is 0. The summed E-state index contributed by atoms with van der Waals surface area (Å²) in [6.45, 7) is 1.82. The van der Waals surface area contributed by atoms with Crippen molar-refractivity contribution < 1.29 is 9.18 Å². The standard InChI is InChI=1S/C13H13FN4O/c1-8-4-3-5-16-11(8)18-13(19)10-6-9(14)7-17-12(10)15-2/h3-7H,1-2H3,(H,15,17)(H,16,18,19). The average Bonchev–Trinajstić information content (AvgIpc) is 2.41. The number of nitrogens with one attached hydrogen (secondary N) is 2. The molecule has 2 aromatic heterocycles. The van der Waals surface area contributed by atoms with Gasteiger partial charge in [0, 0.05) is 13.2 Å². The minimum atomic E-state index is -0.568. The number of carbonyl (C=O) groups excluding carboxylic acids is 1. The van der Waals surface area contributed by atoms with Gasteiger partial charge in [0.15, 0.2) is 0 Å². The van der Waals surface area contributed by atoms with E-state index >= 15 is 0 Å². The Kier molecular flexibility index (Phi) is 3.70. The van der Waals surface area contributed by atoms with Gasteiger partial charge in [0.2, 0.25) is 0 Å². The lowest BCUT2D eigenvalue weighted by Crippen LogP contribution is -2.16. The van der Waals surface area contributed by atoms with Crippen LogP contribution in [0.4, 0.5) is 16.0 Å². The molecule has 5 nitrogen and oxygen atoms in total. The van der Waals surface area contributed by atoms with Crippen LogP contribution in [0, 0.1) is 12.7 Å². The molecule has 19 heavy (non-hydrogen) atoms. The van der Waals surface area contributed by atoms with Crippen LogP contribution in [0.15, 0.2) is 30.6 Å². The molecule has 0 saturated heterocycles. The van der Waals surface area contributed by atoms with Gasteiger partial charge >= 0.3 is 0 Å². The van der Waals surface area contributed by atoms with Crippen LogP contribution < -0.4 is 10.6 Å². The Morgan fingerprint density at radius 2 is 2.11 bits per heavy atom. The highest BCUT2D eigenvalue weighted by Gasteiger charge is 2.14. The van der Waals surface area contributed by atoms with E-state index in [1.807, 2.05) is 13.0 Å². The van der Waals surface area contributed by atoms with E-state index in [-0.39, 0.29) is 5.56 Å². The van der Waals surface area contributed by atoms with E-state index in [9.17, 15) is 9.18 Å². The maximum Gasteiger partial charge on any atom is 0.260 e. The zero-order valence-corrected chi connectivity index (χ0v) is 10.6. The molecule has 0 bridgehead atoms. The third-order valence-electron chi connectivity index (χ3n) is 2.58. The van der Waals surface area contributed by atoms with Gasteiger partial charge in [-0.05, 0) is 24.6 Å². The molecule has 0 unspecified atom stereocenters. The Morgan fingerprint density at radius 1 is 1.32 bits per heavy atom. The maximum atomic E-state index is 13.2. The number of halogens is 1. The van der Waals surface area contributed by atoms with E-state index in [1.165, 1.54) is 0 Å². The first-order chi connectivity index (χ1) is 9.11. The summed E-state index contributed by atoms with van der Waals surface area (Å²) in [5.41, 5.74) is 0.957. The molecule has 6 heteroatoms. The second-order valence-electron chi connectivity index (χ2n) is 3.92. The van der Waals surface area contributed by atoms with Crippen LogP contribution in [0.5, 0.6) is 0 Å². The number of aryl methyl sites for hydroxylation is 1. The number of nitrogens with zero attached hydrogens (tertiary/aromatic N) is 2. The molecule has 0 aromatic carbocycles. The number of pyridine rings is 2. The Morgan fingerprint density at radius 3 is 2.79 bits per heavy atom. The molecular formula is C13H13FN4O. The van der Waals surface area contributed by atoms with Gasteiger partial charge in [-0.15, -0.1) is 0 Å². The third kappa shape index (κ3) is 2.85. The van der Waals surface area contributed by atoms with Crippen molar-refractivity contribution in [3.8, 4) is 0 Å². The van der Waals surface area contributed by atoms with E-state index in [0.29, 0.717) is 11.6 Å². The zero-order chi connectivity index (χ0) is 13.8.